The van der Waals surface area contributed by atoms with Crippen molar-refractivity contribution in [1.29, 1.82) is 0 Å². The van der Waals surface area contributed by atoms with Crippen LogP contribution in [0, 0.1) is 0 Å². The van der Waals surface area contributed by atoms with Gasteiger partial charge in [0.25, 0.3) is 0 Å². The molecule has 0 saturated heterocycles. The van der Waals surface area contributed by atoms with Crippen LogP contribution in [-0.2, 0) is 13.0 Å². The van der Waals surface area contributed by atoms with E-state index in [0.29, 0.717) is 36.1 Å². The molecule has 0 aliphatic heterocycles. The van der Waals surface area contributed by atoms with Crippen molar-refractivity contribution >= 4 is 11.6 Å². The molecular formula is C16H18ClNO3. The lowest BCUT2D eigenvalue weighted by Gasteiger charge is -2.15. The van der Waals surface area contributed by atoms with Gasteiger partial charge in [0.1, 0.15) is 12.4 Å². The van der Waals surface area contributed by atoms with Crippen molar-refractivity contribution in [1.82, 2.24) is 0 Å². The van der Waals surface area contributed by atoms with Crippen LogP contribution in [-0.4, -0.2) is 18.8 Å². The number of methoxy groups -OCH3 is 1. The molecule has 2 rings (SSSR count). The summed E-state index contributed by atoms with van der Waals surface area (Å²) in [6, 6.07) is 10.4. The highest BCUT2D eigenvalue weighted by molar-refractivity contribution is 6.30. The Morgan fingerprint density at radius 1 is 1.19 bits per heavy atom. The molecule has 0 bridgehead atoms. The molecule has 0 unspecified atom stereocenters. The highest BCUT2D eigenvalue weighted by Crippen LogP contribution is 2.35. The zero-order chi connectivity index (χ0) is 15.2. The second kappa shape index (κ2) is 7.20. The minimum absolute atomic E-state index is 0.228. The normalized spacial score (nSPS) is 10.4. The summed E-state index contributed by atoms with van der Waals surface area (Å²) in [5.74, 6) is 1.47. The molecule has 0 heterocycles. The first-order valence-corrected chi connectivity index (χ1v) is 6.99. The molecule has 21 heavy (non-hydrogen) atoms. The molecule has 0 atom stereocenters. The van der Waals surface area contributed by atoms with Crippen molar-refractivity contribution in [2.24, 2.45) is 5.73 Å². The number of phenols is 1. The van der Waals surface area contributed by atoms with Crippen molar-refractivity contribution in [2.45, 2.75) is 13.0 Å². The molecule has 0 fully saturated rings. The molecular weight excluding hydrogens is 290 g/mol. The summed E-state index contributed by atoms with van der Waals surface area (Å²) < 4.78 is 11.2. The van der Waals surface area contributed by atoms with Crippen molar-refractivity contribution in [3.63, 3.8) is 0 Å². The first kappa shape index (κ1) is 15.5. The lowest BCUT2D eigenvalue weighted by molar-refractivity contribution is 0.281. The third-order valence-corrected chi connectivity index (χ3v) is 3.27. The van der Waals surface area contributed by atoms with Gasteiger partial charge in [-0.1, -0.05) is 23.7 Å². The van der Waals surface area contributed by atoms with Gasteiger partial charge in [-0.3, -0.25) is 0 Å². The second-order valence-electron chi connectivity index (χ2n) is 4.59. The van der Waals surface area contributed by atoms with Crippen molar-refractivity contribution in [3.05, 3.63) is 52.5 Å². The molecule has 0 spiro atoms. The van der Waals surface area contributed by atoms with Gasteiger partial charge in [0.2, 0.25) is 0 Å². The Balaban J connectivity index is 2.22. The zero-order valence-corrected chi connectivity index (χ0v) is 12.6. The number of hydrogen-bond acceptors (Lipinski definition) is 4. The van der Waals surface area contributed by atoms with Crippen LogP contribution in [0.1, 0.15) is 11.1 Å². The van der Waals surface area contributed by atoms with E-state index in [4.69, 9.17) is 26.8 Å². The van der Waals surface area contributed by atoms with Gasteiger partial charge in [0, 0.05) is 16.7 Å². The zero-order valence-electron chi connectivity index (χ0n) is 11.8. The Morgan fingerprint density at radius 2 is 1.90 bits per heavy atom. The Morgan fingerprint density at radius 3 is 2.52 bits per heavy atom. The van der Waals surface area contributed by atoms with Crippen molar-refractivity contribution in [3.8, 4) is 17.2 Å². The van der Waals surface area contributed by atoms with Gasteiger partial charge in [-0.05, 0) is 36.7 Å². The van der Waals surface area contributed by atoms with Crippen LogP contribution in [0.2, 0.25) is 5.02 Å². The standard InChI is InChI=1S/C16H18ClNO3/c1-20-15-9-13(17)8-12(6-7-18)16(15)21-10-11-2-4-14(19)5-3-11/h2-5,8-9,19H,6-7,10,18H2,1H3. The average Bonchev–Trinajstić information content (AvgIpc) is 2.47. The predicted octanol–water partition coefficient (Wildman–Crippen LogP) is 3.13. The molecule has 5 heteroatoms. The molecule has 112 valence electrons. The van der Waals surface area contributed by atoms with Crippen molar-refractivity contribution < 1.29 is 14.6 Å². The van der Waals surface area contributed by atoms with Gasteiger partial charge in [-0.2, -0.15) is 0 Å². The number of benzene rings is 2. The lowest BCUT2D eigenvalue weighted by atomic mass is 10.1. The molecule has 0 amide bonds. The molecule has 0 radical (unpaired) electrons. The quantitative estimate of drug-likeness (QED) is 0.860. The molecule has 0 aliphatic rings. The van der Waals surface area contributed by atoms with Crippen molar-refractivity contribution in [2.75, 3.05) is 13.7 Å². The molecule has 0 saturated carbocycles. The first-order chi connectivity index (χ1) is 10.1. The largest absolute Gasteiger partial charge is 0.508 e. The maximum absolute atomic E-state index is 9.28. The minimum atomic E-state index is 0.228. The lowest BCUT2D eigenvalue weighted by Crippen LogP contribution is -2.07. The summed E-state index contributed by atoms with van der Waals surface area (Å²) in [6.45, 7) is 0.870. The van der Waals surface area contributed by atoms with E-state index in [2.05, 4.69) is 0 Å². The van der Waals surface area contributed by atoms with Gasteiger partial charge in [-0.25, -0.2) is 0 Å². The Labute approximate surface area is 129 Å². The van der Waals surface area contributed by atoms with E-state index in [1.54, 1.807) is 37.4 Å². The van der Waals surface area contributed by atoms with E-state index in [1.807, 2.05) is 6.07 Å². The number of aromatic hydroxyl groups is 1. The maximum atomic E-state index is 9.28. The van der Waals surface area contributed by atoms with Gasteiger partial charge in [-0.15, -0.1) is 0 Å². The number of phenolic OH excluding ortho intramolecular Hbond substituents is 1. The molecule has 2 aromatic carbocycles. The summed E-state index contributed by atoms with van der Waals surface area (Å²) in [5, 5.41) is 9.87. The number of hydrogen-bond donors (Lipinski definition) is 2. The van der Waals surface area contributed by atoms with Crippen LogP contribution in [0.4, 0.5) is 0 Å². The van der Waals surface area contributed by atoms with E-state index in [-0.39, 0.29) is 5.75 Å². The summed E-state index contributed by atoms with van der Waals surface area (Å²) in [5.41, 5.74) is 7.49. The predicted molar refractivity (Wildman–Crippen MR) is 83.2 cm³/mol. The highest BCUT2D eigenvalue weighted by atomic mass is 35.5. The molecule has 3 N–H and O–H groups in total. The summed E-state index contributed by atoms with van der Waals surface area (Å²) >= 11 is 6.07. The van der Waals surface area contributed by atoms with Gasteiger partial charge in [0.05, 0.1) is 7.11 Å². The van der Waals surface area contributed by atoms with Crippen LogP contribution < -0.4 is 15.2 Å². The van der Waals surface area contributed by atoms with Crippen LogP contribution in [0.15, 0.2) is 36.4 Å². The van der Waals surface area contributed by atoms with Crippen LogP contribution in [0.5, 0.6) is 17.2 Å². The van der Waals surface area contributed by atoms with Gasteiger partial charge < -0.3 is 20.3 Å². The van der Waals surface area contributed by atoms with E-state index < -0.39 is 0 Å². The van der Waals surface area contributed by atoms with E-state index in [1.165, 1.54) is 0 Å². The number of halogens is 1. The average molecular weight is 308 g/mol. The van der Waals surface area contributed by atoms with E-state index in [0.717, 1.165) is 11.1 Å². The first-order valence-electron chi connectivity index (χ1n) is 6.61. The Bertz CT molecular complexity index is 599. The SMILES string of the molecule is COc1cc(Cl)cc(CCN)c1OCc1ccc(O)cc1. The van der Waals surface area contributed by atoms with Gasteiger partial charge in [0.15, 0.2) is 11.5 Å². The minimum Gasteiger partial charge on any atom is -0.508 e. The molecule has 0 aromatic heterocycles. The molecule has 4 nitrogen and oxygen atoms in total. The topological polar surface area (TPSA) is 64.7 Å². The summed E-state index contributed by atoms with van der Waals surface area (Å²) in [7, 11) is 1.57. The van der Waals surface area contributed by atoms with Crippen LogP contribution in [0.25, 0.3) is 0 Å². The fourth-order valence-electron chi connectivity index (χ4n) is 2.03. The van der Waals surface area contributed by atoms with Crippen LogP contribution in [0.3, 0.4) is 0 Å². The molecule has 0 aliphatic carbocycles. The molecule has 2 aromatic rings. The third-order valence-electron chi connectivity index (χ3n) is 3.05. The number of rotatable bonds is 6. The van der Waals surface area contributed by atoms with E-state index >= 15 is 0 Å². The third kappa shape index (κ3) is 4.03. The summed E-state index contributed by atoms with van der Waals surface area (Å²) in [4.78, 5) is 0. The monoisotopic (exact) mass is 307 g/mol. The Hall–Kier alpha value is -1.91. The highest BCUT2D eigenvalue weighted by Gasteiger charge is 2.12. The fraction of sp³-hybridized carbons (Fsp3) is 0.250. The number of nitrogens with two attached hydrogens (primary N) is 1. The van der Waals surface area contributed by atoms with Crippen LogP contribution >= 0.6 is 11.6 Å². The Kier molecular flexibility index (Phi) is 5.31. The smallest absolute Gasteiger partial charge is 0.164 e. The maximum Gasteiger partial charge on any atom is 0.164 e. The number of ether oxygens (including phenoxy) is 2. The second-order valence-corrected chi connectivity index (χ2v) is 5.03. The summed E-state index contributed by atoms with van der Waals surface area (Å²) in [6.07, 6.45) is 0.655. The fourth-order valence-corrected chi connectivity index (χ4v) is 2.26. The van der Waals surface area contributed by atoms with Gasteiger partial charge >= 0.3 is 0 Å². The van der Waals surface area contributed by atoms with E-state index in [9.17, 15) is 5.11 Å².